The van der Waals surface area contributed by atoms with Gasteiger partial charge in [-0.15, -0.1) is 11.3 Å². The first kappa shape index (κ1) is 20.7. The average molecular weight is 427 g/mol. The van der Waals surface area contributed by atoms with Crippen LogP contribution in [0.1, 0.15) is 57.0 Å². The van der Waals surface area contributed by atoms with Gasteiger partial charge in [0.25, 0.3) is 5.56 Å². The normalized spacial score (nSPS) is 17.1. The summed E-state index contributed by atoms with van der Waals surface area (Å²) in [5.74, 6) is 0.666. The van der Waals surface area contributed by atoms with E-state index in [0.29, 0.717) is 23.1 Å². The fourth-order valence-electron chi connectivity index (χ4n) is 4.19. The standard InChI is InChI=1S/C24H30N2OS2/c1-15(2)28-23-25-21-20(22(27)26(23)14-16-9-7-6-8-10-16)18-12-11-17(24(3,4)5)13-19(18)29-21/h6-10,15,17H,11-14H2,1-5H3/t17-/m0/s1. The monoisotopic (exact) mass is 426 g/mol. The molecule has 0 fully saturated rings. The van der Waals surface area contributed by atoms with E-state index in [4.69, 9.17) is 4.98 Å². The van der Waals surface area contributed by atoms with Crippen LogP contribution in [0.3, 0.4) is 0 Å². The van der Waals surface area contributed by atoms with E-state index >= 15 is 0 Å². The van der Waals surface area contributed by atoms with Crippen LogP contribution in [0.15, 0.2) is 40.3 Å². The maximum Gasteiger partial charge on any atom is 0.263 e. The molecule has 0 bridgehead atoms. The lowest BCUT2D eigenvalue weighted by Gasteiger charge is -2.33. The van der Waals surface area contributed by atoms with Gasteiger partial charge in [-0.3, -0.25) is 9.36 Å². The molecule has 0 spiro atoms. The minimum atomic E-state index is 0.133. The van der Waals surface area contributed by atoms with Gasteiger partial charge in [0.2, 0.25) is 0 Å². The fraction of sp³-hybridized carbons (Fsp3) is 0.500. The maximum atomic E-state index is 13.7. The molecule has 0 saturated carbocycles. The van der Waals surface area contributed by atoms with Gasteiger partial charge in [0, 0.05) is 10.1 Å². The van der Waals surface area contributed by atoms with Gasteiger partial charge in [-0.05, 0) is 41.7 Å². The van der Waals surface area contributed by atoms with E-state index in [-0.39, 0.29) is 5.56 Å². The molecule has 0 unspecified atom stereocenters. The van der Waals surface area contributed by atoms with Crippen molar-refractivity contribution in [2.75, 3.05) is 0 Å². The molecule has 4 rings (SSSR count). The van der Waals surface area contributed by atoms with Crippen molar-refractivity contribution in [2.45, 2.75) is 70.8 Å². The topological polar surface area (TPSA) is 34.9 Å². The van der Waals surface area contributed by atoms with E-state index in [1.807, 2.05) is 22.8 Å². The number of thioether (sulfide) groups is 1. The molecule has 3 nitrogen and oxygen atoms in total. The Balaban J connectivity index is 1.84. The number of rotatable bonds is 4. The molecule has 0 amide bonds. The molecule has 3 aromatic rings. The molecule has 0 radical (unpaired) electrons. The smallest absolute Gasteiger partial charge is 0.263 e. The molecule has 154 valence electrons. The van der Waals surface area contributed by atoms with E-state index in [1.165, 1.54) is 10.4 Å². The summed E-state index contributed by atoms with van der Waals surface area (Å²) in [7, 11) is 0. The van der Waals surface area contributed by atoms with E-state index in [2.05, 4.69) is 46.8 Å². The van der Waals surface area contributed by atoms with Crippen LogP contribution in [0, 0.1) is 11.3 Å². The maximum absolute atomic E-state index is 13.7. The molecule has 1 atom stereocenters. The molecule has 1 aliphatic carbocycles. The highest BCUT2D eigenvalue weighted by Gasteiger charge is 2.32. The van der Waals surface area contributed by atoms with E-state index in [1.54, 1.807) is 23.1 Å². The number of benzene rings is 1. The SMILES string of the molecule is CC(C)Sc1nc2sc3c(c2c(=O)n1Cc1ccccc1)CC[C@H](C(C)(C)C)C3. The Kier molecular flexibility index (Phi) is 5.64. The van der Waals surface area contributed by atoms with Crippen molar-refractivity contribution in [3.05, 3.63) is 56.7 Å². The molecule has 5 heteroatoms. The highest BCUT2D eigenvalue weighted by atomic mass is 32.2. The molecule has 2 heterocycles. The highest BCUT2D eigenvalue weighted by Crippen LogP contribution is 2.42. The minimum absolute atomic E-state index is 0.133. The Labute approximate surface area is 181 Å². The predicted octanol–water partition coefficient (Wildman–Crippen LogP) is 6.16. The zero-order chi connectivity index (χ0) is 20.8. The largest absolute Gasteiger partial charge is 0.283 e. The van der Waals surface area contributed by atoms with Crippen LogP contribution in [0.25, 0.3) is 10.2 Å². The van der Waals surface area contributed by atoms with Crippen molar-refractivity contribution >= 4 is 33.3 Å². The van der Waals surface area contributed by atoms with Gasteiger partial charge in [-0.1, -0.05) is 76.7 Å². The second-order valence-corrected chi connectivity index (χ2v) is 12.1. The van der Waals surface area contributed by atoms with Crippen molar-refractivity contribution in [1.29, 1.82) is 0 Å². The van der Waals surface area contributed by atoms with E-state index in [0.717, 1.165) is 40.2 Å². The summed E-state index contributed by atoms with van der Waals surface area (Å²) >= 11 is 3.43. The summed E-state index contributed by atoms with van der Waals surface area (Å²) in [5.41, 5.74) is 2.84. The Morgan fingerprint density at radius 3 is 2.62 bits per heavy atom. The van der Waals surface area contributed by atoms with Crippen LogP contribution >= 0.6 is 23.1 Å². The Hall–Kier alpha value is -1.59. The Morgan fingerprint density at radius 1 is 1.24 bits per heavy atom. The molecule has 0 aliphatic heterocycles. The van der Waals surface area contributed by atoms with Gasteiger partial charge in [0.15, 0.2) is 5.16 Å². The number of aryl methyl sites for hydroxylation is 1. The molecule has 0 N–H and O–H groups in total. The van der Waals surface area contributed by atoms with Crippen molar-refractivity contribution in [3.63, 3.8) is 0 Å². The summed E-state index contributed by atoms with van der Waals surface area (Å²) in [6, 6.07) is 10.2. The van der Waals surface area contributed by atoms with Crippen LogP contribution in [-0.4, -0.2) is 14.8 Å². The Bertz CT molecular complexity index is 1070. The van der Waals surface area contributed by atoms with Crippen molar-refractivity contribution < 1.29 is 0 Å². The van der Waals surface area contributed by atoms with Crippen molar-refractivity contribution in [1.82, 2.24) is 9.55 Å². The third kappa shape index (κ3) is 4.17. The zero-order valence-corrected chi connectivity index (χ0v) is 19.6. The first-order valence-electron chi connectivity index (χ1n) is 10.5. The van der Waals surface area contributed by atoms with Crippen LogP contribution in [0.5, 0.6) is 0 Å². The molecule has 1 aliphatic rings. The first-order valence-corrected chi connectivity index (χ1v) is 12.2. The van der Waals surface area contributed by atoms with Crippen LogP contribution in [-0.2, 0) is 19.4 Å². The number of hydrogen-bond acceptors (Lipinski definition) is 4. The number of hydrogen-bond donors (Lipinski definition) is 0. The molecular formula is C24H30N2OS2. The Morgan fingerprint density at radius 2 is 1.97 bits per heavy atom. The summed E-state index contributed by atoms with van der Waals surface area (Å²) in [4.78, 5) is 21.0. The lowest BCUT2D eigenvalue weighted by molar-refractivity contribution is 0.218. The summed E-state index contributed by atoms with van der Waals surface area (Å²) in [6.45, 7) is 11.9. The minimum Gasteiger partial charge on any atom is -0.283 e. The van der Waals surface area contributed by atoms with Crippen molar-refractivity contribution in [3.8, 4) is 0 Å². The number of nitrogens with zero attached hydrogens (tertiary/aromatic N) is 2. The van der Waals surface area contributed by atoms with E-state index < -0.39 is 0 Å². The van der Waals surface area contributed by atoms with Gasteiger partial charge in [0.05, 0.1) is 11.9 Å². The highest BCUT2D eigenvalue weighted by molar-refractivity contribution is 7.99. The molecule has 2 aromatic heterocycles. The molecule has 0 saturated heterocycles. The summed E-state index contributed by atoms with van der Waals surface area (Å²) in [5, 5.41) is 2.09. The number of aromatic nitrogens is 2. The van der Waals surface area contributed by atoms with E-state index in [9.17, 15) is 4.79 Å². The van der Waals surface area contributed by atoms with Gasteiger partial charge in [-0.25, -0.2) is 4.98 Å². The van der Waals surface area contributed by atoms with Gasteiger partial charge >= 0.3 is 0 Å². The van der Waals surface area contributed by atoms with Crippen LogP contribution in [0.4, 0.5) is 0 Å². The second-order valence-electron chi connectivity index (χ2n) is 9.43. The third-order valence-corrected chi connectivity index (χ3v) is 8.03. The predicted molar refractivity (Wildman–Crippen MR) is 125 cm³/mol. The average Bonchev–Trinajstić information content (AvgIpc) is 3.02. The molecule has 1 aromatic carbocycles. The van der Waals surface area contributed by atoms with Gasteiger partial charge < -0.3 is 0 Å². The molecule has 29 heavy (non-hydrogen) atoms. The first-order chi connectivity index (χ1) is 13.7. The van der Waals surface area contributed by atoms with Crippen molar-refractivity contribution in [2.24, 2.45) is 11.3 Å². The second kappa shape index (κ2) is 7.92. The third-order valence-electron chi connectivity index (χ3n) is 5.88. The number of thiophene rings is 1. The molecular weight excluding hydrogens is 396 g/mol. The summed E-state index contributed by atoms with van der Waals surface area (Å²) in [6.07, 6.45) is 3.23. The number of fused-ring (bicyclic) bond motifs is 3. The van der Waals surface area contributed by atoms with Gasteiger partial charge in [-0.2, -0.15) is 0 Å². The quantitative estimate of drug-likeness (QED) is 0.370. The van der Waals surface area contributed by atoms with Crippen LogP contribution < -0.4 is 5.56 Å². The lowest BCUT2D eigenvalue weighted by Crippen LogP contribution is -2.27. The zero-order valence-electron chi connectivity index (χ0n) is 18.0. The fourth-order valence-corrected chi connectivity index (χ4v) is 6.37. The summed E-state index contributed by atoms with van der Waals surface area (Å²) < 4.78 is 1.89. The van der Waals surface area contributed by atoms with Gasteiger partial charge in [0.1, 0.15) is 4.83 Å². The van der Waals surface area contributed by atoms with Crippen LogP contribution in [0.2, 0.25) is 0 Å². The lowest BCUT2D eigenvalue weighted by atomic mass is 9.72.